The van der Waals surface area contributed by atoms with Crippen LogP contribution in [0.25, 0.3) is 0 Å². The Bertz CT molecular complexity index is 1110. The normalized spacial score (nSPS) is 18.0. The van der Waals surface area contributed by atoms with E-state index in [1.54, 1.807) is 18.2 Å². The highest BCUT2D eigenvalue weighted by Crippen LogP contribution is 2.38. The van der Waals surface area contributed by atoms with Gasteiger partial charge in [-0.3, -0.25) is 14.9 Å². The number of allylic oxidation sites excluding steroid dienone is 1. The molecule has 0 saturated heterocycles. The maximum Gasteiger partial charge on any atom is 0.286 e. The minimum atomic E-state index is -0.669. The summed E-state index contributed by atoms with van der Waals surface area (Å²) in [5.74, 6) is 0.917. The van der Waals surface area contributed by atoms with Crippen LogP contribution in [0.4, 0.5) is 11.4 Å². The molecule has 12 heteroatoms. The van der Waals surface area contributed by atoms with E-state index in [0.717, 1.165) is 5.56 Å². The van der Waals surface area contributed by atoms with Crippen LogP contribution in [-0.4, -0.2) is 68.5 Å². The lowest BCUT2D eigenvalue weighted by Gasteiger charge is -2.29. The third-order valence-electron chi connectivity index (χ3n) is 5.69. The van der Waals surface area contributed by atoms with E-state index in [1.165, 1.54) is 12.1 Å². The Morgan fingerprint density at radius 2 is 1.89 bits per heavy atom. The number of nitrogens with one attached hydrogen (secondary N) is 2. The van der Waals surface area contributed by atoms with Gasteiger partial charge in [-0.1, -0.05) is 6.07 Å². The fourth-order valence-electron chi connectivity index (χ4n) is 3.87. The molecule has 0 spiro atoms. The van der Waals surface area contributed by atoms with Crippen LogP contribution >= 0.6 is 0 Å². The van der Waals surface area contributed by atoms with Gasteiger partial charge in [0.2, 0.25) is 13.1 Å². The number of amides is 1. The molecule has 2 atom stereocenters. The molecule has 2 aromatic carbocycles. The minimum absolute atomic E-state index is 0.00832. The average Bonchev–Trinajstić information content (AvgIpc) is 3.39. The Morgan fingerprint density at radius 3 is 2.68 bits per heavy atom. The highest BCUT2D eigenvalue weighted by atomic mass is 16.7. The molecule has 1 amide bonds. The van der Waals surface area contributed by atoms with E-state index in [4.69, 9.17) is 28.8 Å². The molecule has 0 aromatic heterocycles. The van der Waals surface area contributed by atoms with Crippen molar-refractivity contribution in [1.29, 1.82) is 0 Å². The lowest BCUT2D eigenvalue weighted by atomic mass is 9.92. The number of anilines is 1. The van der Waals surface area contributed by atoms with Gasteiger partial charge < -0.3 is 39.4 Å². The molecule has 0 bridgehead atoms. The predicted molar refractivity (Wildman–Crippen MR) is 131 cm³/mol. The first-order valence-electron chi connectivity index (χ1n) is 11.9. The Kier molecular flexibility index (Phi) is 9.13. The average molecular weight is 516 g/mol. The van der Waals surface area contributed by atoms with Crippen LogP contribution in [0, 0.1) is 10.1 Å². The summed E-state index contributed by atoms with van der Waals surface area (Å²) in [5.41, 5.74) is 1.64. The van der Waals surface area contributed by atoms with Gasteiger partial charge in [0.15, 0.2) is 17.3 Å². The molecule has 0 aliphatic carbocycles. The molecule has 0 radical (unpaired) electrons. The van der Waals surface area contributed by atoms with Gasteiger partial charge in [-0.05, 0) is 35.9 Å². The van der Waals surface area contributed by atoms with Crippen LogP contribution in [0.1, 0.15) is 17.9 Å². The monoisotopic (exact) mass is 515 g/mol. The number of non-ortho nitro benzene ring substituents is 1. The third-order valence-corrected chi connectivity index (χ3v) is 5.69. The highest BCUT2D eigenvalue weighted by Gasteiger charge is 2.29. The number of rotatable bonds is 13. The topological polar surface area (TPSA) is 151 Å². The van der Waals surface area contributed by atoms with Crippen LogP contribution < -0.4 is 20.1 Å². The number of nitro groups is 1. The number of carbonyl (C=O) groups excluding carboxylic acids is 1. The largest absolute Gasteiger partial charge is 0.459 e. The number of benzene rings is 2. The number of fused-ring (bicyclic) bond motifs is 1. The van der Waals surface area contributed by atoms with Gasteiger partial charge >= 0.3 is 0 Å². The smallest absolute Gasteiger partial charge is 0.286 e. The van der Waals surface area contributed by atoms with E-state index in [2.05, 4.69) is 10.6 Å². The molecule has 12 nitrogen and oxygen atoms in total. The zero-order valence-corrected chi connectivity index (χ0v) is 20.1. The second-order valence-electron chi connectivity index (χ2n) is 8.23. The molecule has 0 saturated carbocycles. The van der Waals surface area contributed by atoms with Crippen LogP contribution in [0.5, 0.6) is 11.5 Å². The first-order chi connectivity index (χ1) is 18.0. The van der Waals surface area contributed by atoms with Crippen molar-refractivity contribution < 1.29 is 38.5 Å². The molecule has 4 rings (SSSR count). The summed E-state index contributed by atoms with van der Waals surface area (Å²) in [6, 6.07) is 11.7. The van der Waals surface area contributed by atoms with Gasteiger partial charge in [0.25, 0.3) is 11.6 Å². The van der Waals surface area contributed by atoms with Crippen LogP contribution in [0.15, 0.2) is 54.3 Å². The maximum absolute atomic E-state index is 12.9. The van der Waals surface area contributed by atoms with Gasteiger partial charge in [-0.15, -0.1) is 0 Å². The second kappa shape index (κ2) is 12.9. The maximum atomic E-state index is 12.9. The Morgan fingerprint density at radius 1 is 1.08 bits per heavy atom. The van der Waals surface area contributed by atoms with Crippen LogP contribution in [0.2, 0.25) is 0 Å². The van der Waals surface area contributed by atoms with Crippen molar-refractivity contribution in [2.75, 3.05) is 51.6 Å². The van der Waals surface area contributed by atoms with Gasteiger partial charge in [-0.25, -0.2) is 0 Å². The third kappa shape index (κ3) is 7.32. The minimum Gasteiger partial charge on any atom is -0.459 e. The summed E-state index contributed by atoms with van der Waals surface area (Å²) in [5, 5.41) is 25.5. The molecule has 198 valence electrons. The lowest BCUT2D eigenvalue weighted by molar-refractivity contribution is -0.384. The number of nitro benzene ring substituents is 1. The number of aliphatic hydroxyl groups excluding tert-OH is 1. The van der Waals surface area contributed by atoms with E-state index in [-0.39, 0.29) is 56.5 Å². The van der Waals surface area contributed by atoms with Crippen molar-refractivity contribution in [3.05, 3.63) is 70.0 Å². The lowest BCUT2D eigenvalue weighted by Crippen LogP contribution is -2.35. The van der Waals surface area contributed by atoms with E-state index < -0.39 is 11.2 Å². The van der Waals surface area contributed by atoms with Gasteiger partial charge in [0, 0.05) is 43.2 Å². The zero-order valence-electron chi connectivity index (χ0n) is 20.1. The molecule has 0 unspecified atom stereocenters. The van der Waals surface area contributed by atoms with Crippen molar-refractivity contribution in [2.24, 2.45) is 0 Å². The van der Waals surface area contributed by atoms with Crippen molar-refractivity contribution >= 4 is 17.3 Å². The Balaban J connectivity index is 1.35. The molecule has 2 aliphatic heterocycles. The van der Waals surface area contributed by atoms with Crippen molar-refractivity contribution in [2.45, 2.75) is 18.6 Å². The molecule has 2 aromatic rings. The number of carbonyl (C=O) groups is 1. The Labute approximate surface area is 213 Å². The first-order valence-corrected chi connectivity index (χ1v) is 11.9. The van der Waals surface area contributed by atoms with E-state index in [1.807, 2.05) is 18.2 Å². The summed E-state index contributed by atoms with van der Waals surface area (Å²) in [4.78, 5) is 23.2. The van der Waals surface area contributed by atoms with E-state index in [0.29, 0.717) is 36.7 Å². The van der Waals surface area contributed by atoms with Gasteiger partial charge in [0.05, 0.1) is 31.4 Å². The summed E-state index contributed by atoms with van der Waals surface area (Å²) in [6.45, 7) is 1.55. The number of hydrogen-bond acceptors (Lipinski definition) is 10. The van der Waals surface area contributed by atoms with Crippen LogP contribution in [0.3, 0.4) is 0 Å². The van der Waals surface area contributed by atoms with E-state index >= 15 is 0 Å². The molecule has 3 N–H and O–H groups in total. The first kappa shape index (κ1) is 26.2. The molecular formula is C25H29N3O9. The van der Waals surface area contributed by atoms with Gasteiger partial charge in [0.1, 0.15) is 0 Å². The standard InChI is InChI=1S/C25H29N3O9/c29-9-10-33-11-12-34-24-15-18(17-1-6-21-22(13-17)36-16-35-21)14-23(37-24)25(30)27-8-7-26-19-2-4-20(5-3-19)28(31)32/h1-6,13-14,18,24,26,29H,7-12,15-16H2,(H,27,30)/t18-,24+/m0/s1. The van der Waals surface area contributed by atoms with Gasteiger partial charge in [-0.2, -0.15) is 0 Å². The SMILES string of the molecule is O=C(NCCNc1ccc([N+](=O)[O-])cc1)C1=C[C@H](c2ccc3c(c2)OCO3)C[C@H](OCCOCCO)O1. The quantitative estimate of drug-likeness (QED) is 0.206. The summed E-state index contributed by atoms with van der Waals surface area (Å²) >= 11 is 0. The highest BCUT2D eigenvalue weighted by molar-refractivity contribution is 5.91. The zero-order chi connectivity index (χ0) is 26.0. The number of hydrogen-bond donors (Lipinski definition) is 3. The summed E-state index contributed by atoms with van der Waals surface area (Å²) < 4.78 is 27.7. The van der Waals surface area contributed by atoms with Crippen LogP contribution in [-0.2, 0) is 19.0 Å². The Hall–Kier alpha value is -3.87. The van der Waals surface area contributed by atoms with Crippen molar-refractivity contribution in [3.63, 3.8) is 0 Å². The fraction of sp³-hybridized carbons (Fsp3) is 0.400. The van der Waals surface area contributed by atoms with E-state index in [9.17, 15) is 14.9 Å². The number of nitrogens with zero attached hydrogens (tertiary/aromatic N) is 1. The molecule has 2 heterocycles. The molecule has 0 fully saturated rings. The molecular weight excluding hydrogens is 486 g/mol. The predicted octanol–water partition coefficient (Wildman–Crippen LogP) is 2.29. The number of ether oxygens (including phenoxy) is 5. The number of aliphatic hydroxyl groups is 1. The summed E-state index contributed by atoms with van der Waals surface area (Å²) in [6.07, 6.45) is 1.58. The fourth-order valence-corrected chi connectivity index (χ4v) is 3.87. The second-order valence-corrected chi connectivity index (χ2v) is 8.23. The molecule has 37 heavy (non-hydrogen) atoms. The van der Waals surface area contributed by atoms with Crippen molar-refractivity contribution in [3.8, 4) is 11.5 Å². The van der Waals surface area contributed by atoms with Crippen molar-refractivity contribution in [1.82, 2.24) is 5.32 Å². The molecule has 2 aliphatic rings. The summed E-state index contributed by atoms with van der Waals surface area (Å²) in [7, 11) is 0.